The first-order valence-electron chi connectivity index (χ1n) is 8.39. The molecule has 0 aliphatic heterocycles. The molecule has 0 bridgehead atoms. The molecule has 29 heavy (non-hydrogen) atoms. The minimum atomic E-state index is -0.603. The van der Waals surface area contributed by atoms with Crippen molar-refractivity contribution >= 4 is 57.2 Å². The third-order valence-corrected chi connectivity index (χ3v) is 4.54. The number of carbonyl (C=O) groups is 1. The zero-order valence-corrected chi connectivity index (χ0v) is 16.5. The summed E-state index contributed by atoms with van der Waals surface area (Å²) in [6.45, 7) is 3.97. The Morgan fingerprint density at radius 1 is 1.21 bits per heavy atom. The highest BCUT2D eigenvalue weighted by atomic mass is 35.5. The van der Waals surface area contributed by atoms with Gasteiger partial charge in [-0.1, -0.05) is 29.8 Å². The van der Waals surface area contributed by atoms with Crippen LogP contribution in [0.3, 0.4) is 0 Å². The molecule has 0 fully saturated rings. The van der Waals surface area contributed by atoms with Crippen LogP contribution in [-0.4, -0.2) is 29.0 Å². The summed E-state index contributed by atoms with van der Waals surface area (Å²) in [5.74, 6) is -0.353. The van der Waals surface area contributed by atoms with Crippen molar-refractivity contribution in [2.75, 3.05) is 23.8 Å². The van der Waals surface area contributed by atoms with E-state index in [4.69, 9.17) is 33.7 Å². The largest absolute Gasteiger partial charge is 0.490 e. The number of halogens is 3. The lowest BCUT2D eigenvalue weighted by Crippen LogP contribution is -2.13. The van der Waals surface area contributed by atoms with Crippen molar-refractivity contribution in [2.45, 2.75) is 0 Å². The number of rotatable bonds is 7. The molecule has 0 aliphatic rings. The van der Waals surface area contributed by atoms with E-state index in [9.17, 15) is 9.18 Å². The van der Waals surface area contributed by atoms with Gasteiger partial charge in [-0.15, -0.1) is 0 Å². The van der Waals surface area contributed by atoms with Gasteiger partial charge in [0, 0.05) is 18.0 Å². The summed E-state index contributed by atoms with van der Waals surface area (Å²) in [4.78, 5) is 20.2. The number of benzene rings is 2. The van der Waals surface area contributed by atoms with Gasteiger partial charge in [0.2, 0.25) is 5.91 Å². The summed E-state index contributed by atoms with van der Waals surface area (Å²) >= 11 is 11.8. The number of hydrogen-bond donors (Lipinski definition) is 3. The molecule has 1 heterocycles. The molecule has 150 valence electrons. The van der Waals surface area contributed by atoms with Crippen LogP contribution in [0.5, 0.6) is 5.75 Å². The lowest BCUT2D eigenvalue weighted by molar-refractivity contribution is -0.111. The van der Waals surface area contributed by atoms with E-state index < -0.39 is 11.7 Å². The Hall–Kier alpha value is -2.94. The van der Waals surface area contributed by atoms with E-state index in [1.54, 1.807) is 12.1 Å². The standard InChI is InChI=1S/C19H16Cl2FN5O2/c1-2-18(28)26-16-5-10-14(8-17(16)29-4-3-23)24-9-25-19(10)27-15-7-12(21)11(20)6-13(15)22/h2,5-9H,1,3-4,23H2,(H,26,28)(H,24,25,27). The van der Waals surface area contributed by atoms with Crippen LogP contribution < -0.4 is 21.1 Å². The smallest absolute Gasteiger partial charge is 0.247 e. The molecule has 1 aromatic heterocycles. The number of fused-ring (bicyclic) bond motifs is 1. The molecule has 0 saturated heterocycles. The summed E-state index contributed by atoms with van der Waals surface area (Å²) in [6.07, 6.45) is 2.44. The molecule has 0 saturated carbocycles. The number of nitrogens with zero attached hydrogens (tertiary/aromatic N) is 2. The minimum Gasteiger partial charge on any atom is -0.490 e. The van der Waals surface area contributed by atoms with Gasteiger partial charge in [0.1, 0.15) is 30.3 Å². The summed E-state index contributed by atoms with van der Waals surface area (Å²) in [5, 5.41) is 6.33. The van der Waals surface area contributed by atoms with Crippen LogP contribution in [0.4, 0.5) is 21.6 Å². The van der Waals surface area contributed by atoms with Gasteiger partial charge in [0.05, 0.1) is 26.9 Å². The van der Waals surface area contributed by atoms with Gasteiger partial charge in [-0.3, -0.25) is 4.79 Å². The SMILES string of the molecule is C=CC(=O)Nc1cc2c(Nc3cc(Cl)c(Cl)cc3F)ncnc2cc1OCCN. The lowest BCUT2D eigenvalue weighted by atomic mass is 10.1. The van der Waals surface area contributed by atoms with Gasteiger partial charge < -0.3 is 21.1 Å². The van der Waals surface area contributed by atoms with Crippen molar-refractivity contribution in [1.29, 1.82) is 0 Å². The third kappa shape index (κ3) is 4.73. The Kier molecular flexibility index (Phi) is 6.48. The highest BCUT2D eigenvalue weighted by molar-refractivity contribution is 6.42. The zero-order chi connectivity index (χ0) is 21.0. The van der Waals surface area contributed by atoms with E-state index in [1.165, 1.54) is 12.4 Å². The maximum absolute atomic E-state index is 14.3. The van der Waals surface area contributed by atoms with Crippen LogP contribution >= 0.6 is 23.2 Å². The second kappa shape index (κ2) is 9.04. The second-order valence-electron chi connectivity index (χ2n) is 5.79. The van der Waals surface area contributed by atoms with E-state index >= 15 is 0 Å². The predicted octanol–water partition coefficient (Wildman–Crippen LogP) is 4.28. The highest BCUT2D eigenvalue weighted by Gasteiger charge is 2.14. The van der Waals surface area contributed by atoms with E-state index in [2.05, 4.69) is 27.2 Å². The summed E-state index contributed by atoms with van der Waals surface area (Å²) in [6, 6.07) is 5.69. The van der Waals surface area contributed by atoms with Crippen molar-refractivity contribution in [3.05, 3.63) is 59.1 Å². The van der Waals surface area contributed by atoms with Crippen LogP contribution in [0.15, 0.2) is 43.2 Å². The van der Waals surface area contributed by atoms with Gasteiger partial charge in [0.25, 0.3) is 0 Å². The van der Waals surface area contributed by atoms with E-state index in [1.807, 2.05) is 0 Å². The van der Waals surface area contributed by atoms with Gasteiger partial charge >= 0.3 is 0 Å². The third-order valence-electron chi connectivity index (χ3n) is 3.82. The molecule has 1 amide bonds. The van der Waals surface area contributed by atoms with Crippen molar-refractivity contribution in [1.82, 2.24) is 9.97 Å². The fraction of sp³-hybridized carbons (Fsp3) is 0.105. The highest BCUT2D eigenvalue weighted by Crippen LogP contribution is 2.35. The number of amides is 1. The number of nitrogens with one attached hydrogen (secondary N) is 2. The van der Waals surface area contributed by atoms with Gasteiger partial charge in [-0.05, 0) is 24.3 Å². The second-order valence-corrected chi connectivity index (χ2v) is 6.60. The molecule has 3 aromatic rings. The Balaban J connectivity index is 2.09. The fourth-order valence-electron chi connectivity index (χ4n) is 2.50. The predicted molar refractivity (Wildman–Crippen MR) is 113 cm³/mol. The summed E-state index contributed by atoms with van der Waals surface area (Å²) in [5.41, 5.74) is 6.45. The van der Waals surface area contributed by atoms with Gasteiger partial charge in [-0.2, -0.15) is 0 Å². The average Bonchev–Trinajstić information content (AvgIpc) is 2.70. The number of nitrogens with two attached hydrogens (primary N) is 1. The average molecular weight is 436 g/mol. The molecule has 0 radical (unpaired) electrons. The van der Waals surface area contributed by atoms with Gasteiger partial charge in [0.15, 0.2) is 0 Å². The number of anilines is 3. The maximum atomic E-state index is 14.3. The van der Waals surface area contributed by atoms with E-state index in [-0.39, 0.29) is 22.3 Å². The van der Waals surface area contributed by atoms with Crippen molar-refractivity contribution in [3.63, 3.8) is 0 Å². The van der Waals surface area contributed by atoms with Crippen LogP contribution in [0, 0.1) is 5.82 Å². The lowest BCUT2D eigenvalue weighted by Gasteiger charge is -2.15. The van der Waals surface area contributed by atoms with Crippen molar-refractivity contribution < 1.29 is 13.9 Å². The topological polar surface area (TPSA) is 102 Å². The molecule has 7 nitrogen and oxygen atoms in total. The fourth-order valence-corrected chi connectivity index (χ4v) is 2.81. The normalized spacial score (nSPS) is 10.6. The Morgan fingerprint density at radius 3 is 2.69 bits per heavy atom. The molecule has 4 N–H and O–H groups in total. The number of aromatic nitrogens is 2. The molecule has 0 unspecified atom stereocenters. The Morgan fingerprint density at radius 2 is 1.97 bits per heavy atom. The minimum absolute atomic E-state index is 0.0829. The Labute approximate surface area is 175 Å². The molecule has 3 rings (SSSR count). The zero-order valence-electron chi connectivity index (χ0n) is 15.0. The number of hydrogen-bond acceptors (Lipinski definition) is 6. The van der Waals surface area contributed by atoms with Gasteiger partial charge in [-0.25, -0.2) is 14.4 Å². The quantitative estimate of drug-likeness (QED) is 0.378. The monoisotopic (exact) mass is 435 g/mol. The van der Waals surface area contributed by atoms with Crippen LogP contribution in [-0.2, 0) is 4.79 Å². The maximum Gasteiger partial charge on any atom is 0.247 e. The first kappa shape index (κ1) is 20.8. The Bertz CT molecular complexity index is 1090. The van der Waals surface area contributed by atoms with Crippen LogP contribution in [0.2, 0.25) is 10.0 Å². The van der Waals surface area contributed by atoms with Crippen molar-refractivity contribution in [2.24, 2.45) is 5.73 Å². The molecular weight excluding hydrogens is 420 g/mol. The molecule has 10 heteroatoms. The summed E-state index contributed by atoms with van der Waals surface area (Å²) < 4.78 is 19.9. The molecule has 0 aliphatic carbocycles. The van der Waals surface area contributed by atoms with E-state index in [0.29, 0.717) is 34.7 Å². The first-order chi connectivity index (χ1) is 13.9. The molecule has 2 aromatic carbocycles. The number of ether oxygens (including phenoxy) is 1. The molecular formula is C19H16Cl2FN5O2. The first-order valence-corrected chi connectivity index (χ1v) is 9.15. The van der Waals surface area contributed by atoms with Crippen LogP contribution in [0.1, 0.15) is 0 Å². The van der Waals surface area contributed by atoms with E-state index in [0.717, 1.165) is 12.1 Å². The van der Waals surface area contributed by atoms with Crippen molar-refractivity contribution in [3.8, 4) is 5.75 Å². The molecule has 0 spiro atoms. The summed E-state index contributed by atoms with van der Waals surface area (Å²) in [7, 11) is 0. The number of carbonyl (C=O) groups excluding carboxylic acids is 1. The molecule has 0 atom stereocenters. The van der Waals surface area contributed by atoms with Crippen LogP contribution in [0.25, 0.3) is 10.9 Å².